The fourth-order valence-corrected chi connectivity index (χ4v) is 2.75. The number of aliphatic hydroxyl groups excluding tert-OH is 1. The zero-order valence-corrected chi connectivity index (χ0v) is 12.9. The summed E-state index contributed by atoms with van der Waals surface area (Å²) in [5, 5.41) is 12.5. The van der Waals surface area contributed by atoms with Crippen molar-refractivity contribution in [1.82, 2.24) is 10.2 Å². The van der Waals surface area contributed by atoms with Gasteiger partial charge in [0.2, 0.25) is 0 Å². The molecule has 0 bridgehead atoms. The molecule has 3 nitrogen and oxygen atoms in total. The number of aliphatic hydroxyl groups is 1. The highest BCUT2D eigenvalue weighted by molar-refractivity contribution is 6.30. The summed E-state index contributed by atoms with van der Waals surface area (Å²) in [5.74, 6) is -0.383. The van der Waals surface area contributed by atoms with Crippen molar-refractivity contribution in [3.8, 4) is 0 Å². The smallest absolute Gasteiger partial charge is 0.141 e. The SMILES string of the molecule is Cl.OCCC[C@@H](c1ccc(F)c(Cl)c1)N1CCNCC1. The van der Waals surface area contributed by atoms with Crippen LogP contribution in [0.15, 0.2) is 18.2 Å². The van der Waals surface area contributed by atoms with E-state index in [0.29, 0.717) is 0 Å². The second kappa shape index (κ2) is 8.80. The largest absolute Gasteiger partial charge is 0.396 e. The lowest BCUT2D eigenvalue weighted by Gasteiger charge is -2.35. The molecule has 1 atom stereocenters. The minimum absolute atomic E-state index is 0. The number of benzene rings is 1. The highest BCUT2D eigenvalue weighted by Crippen LogP contribution is 2.29. The molecule has 1 heterocycles. The first-order valence-electron chi connectivity index (χ1n) is 6.73. The number of rotatable bonds is 5. The summed E-state index contributed by atoms with van der Waals surface area (Å²) in [6.45, 7) is 4.03. The van der Waals surface area contributed by atoms with Gasteiger partial charge in [-0.2, -0.15) is 0 Å². The van der Waals surface area contributed by atoms with E-state index in [4.69, 9.17) is 16.7 Å². The standard InChI is InChI=1S/C14H20ClFN2O.ClH/c15-12-10-11(3-4-13(12)16)14(2-1-9-19)18-7-5-17-6-8-18;/h3-4,10,14,17,19H,1-2,5-9H2;1H/t14-;/m0./s1. The molecule has 114 valence electrons. The third-order valence-electron chi connectivity index (χ3n) is 3.56. The van der Waals surface area contributed by atoms with Crippen LogP contribution < -0.4 is 5.32 Å². The minimum Gasteiger partial charge on any atom is -0.396 e. The molecule has 1 aliphatic rings. The van der Waals surface area contributed by atoms with Crippen LogP contribution in [0.25, 0.3) is 0 Å². The number of nitrogens with zero attached hydrogens (tertiary/aromatic N) is 1. The van der Waals surface area contributed by atoms with Gasteiger partial charge in [0.1, 0.15) is 5.82 Å². The molecular formula is C14H21Cl2FN2O. The van der Waals surface area contributed by atoms with Crippen LogP contribution in [0, 0.1) is 5.82 Å². The van der Waals surface area contributed by atoms with Crippen molar-refractivity contribution in [2.75, 3.05) is 32.8 Å². The van der Waals surface area contributed by atoms with Gasteiger partial charge in [0.25, 0.3) is 0 Å². The highest BCUT2D eigenvalue weighted by Gasteiger charge is 2.22. The molecule has 2 rings (SSSR count). The Balaban J connectivity index is 0.00000200. The zero-order valence-electron chi connectivity index (χ0n) is 11.3. The topological polar surface area (TPSA) is 35.5 Å². The Morgan fingerprint density at radius 2 is 2.05 bits per heavy atom. The number of hydrogen-bond acceptors (Lipinski definition) is 3. The summed E-state index contributed by atoms with van der Waals surface area (Å²) < 4.78 is 13.3. The summed E-state index contributed by atoms with van der Waals surface area (Å²) in [6, 6.07) is 5.13. The molecule has 0 aliphatic carbocycles. The molecule has 1 aromatic rings. The van der Waals surface area contributed by atoms with Crippen LogP contribution in [-0.2, 0) is 0 Å². The number of hydrogen-bond donors (Lipinski definition) is 2. The third-order valence-corrected chi connectivity index (χ3v) is 3.85. The summed E-state index contributed by atoms with van der Waals surface area (Å²) in [6.07, 6.45) is 1.60. The summed E-state index contributed by atoms with van der Waals surface area (Å²) in [5.41, 5.74) is 1.03. The van der Waals surface area contributed by atoms with Crippen LogP contribution in [0.1, 0.15) is 24.4 Å². The molecule has 0 aromatic heterocycles. The lowest BCUT2D eigenvalue weighted by atomic mass is 9.99. The van der Waals surface area contributed by atoms with Crippen molar-refractivity contribution in [3.63, 3.8) is 0 Å². The van der Waals surface area contributed by atoms with E-state index in [1.165, 1.54) is 6.07 Å². The Bertz CT molecular complexity index is 414. The second-order valence-electron chi connectivity index (χ2n) is 4.84. The second-order valence-corrected chi connectivity index (χ2v) is 5.25. The van der Waals surface area contributed by atoms with Gasteiger partial charge in [0, 0.05) is 38.8 Å². The summed E-state index contributed by atoms with van der Waals surface area (Å²) in [4.78, 5) is 2.37. The molecule has 0 unspecified atom stereocenters. The van der Waals surface area contributed by atoms with E-state index in [2.05, 4.69) is 10.2 Å². The molecule has 1 fully saturated rings. The number of piperazine rings is 1. The summed E-state index contributed by atoms with van der Waals surface area (Å²) >= 11 is 5.88. The zero-order chi connectivity index (χ0) is 13.7. The van der Waals surface area contributed by atoms with Gasteiger partial charge in [-0.25, -0.2) is 4.39 Å². The number of halogens is 3. The molecule has 0 spiro atoms. The maximum absolute atomic E-state index is 13.3. The molecule has 2 N–H and O–H groups in total. The number of nitrogens with one attached hydrogen (secondary N) is 1. The van der Waals surface area contributed by atoms with E-state index in [-0.39, 0.29) is 35.9 Å². The first-order chi connectivity index (χ1) is 9.22. The lowest BCUT2D eigenvalue weighted by molar-refractivity contribution is 0.154. The van der Waals surface area contributed by atoms with Gasteiger partial charge in [0.05, 0.1) is 5.02 Å². The van der Waals surface area contributed by atoms with Gasteiger partial charge in [-0.15, -0.1) is 12.4 Å². The van der Waals surface area contributed by atoms with E-state index < -0.39 is 0 Å². The van der Waals surface area contributed by atoms with E-state index in [1.807, 2.05) is 0 Å². The third kappa shape index (κ3) is 4.57. The van der Waals surface area contributed by atoms with Crippen LogP contribution >= 0.6 is 24.0 Å². The predicted octanol–water partition coefficient (Wildman–Crippen LogP) is 2.62. The normalized spacial score (nSPS) is 17.6. The lowest BCUT2D eigenvalue weighted by Crippen LogP contribution is -2.45. The maximum Gasteiger partial charge on any atom is 0.141 e. The van der Waals surface area contributed by atoms with Crippen molar-refractivity contribution in [2.45, 2.75) is 18.9 Å². The summed E-state index contributed by atoms with van der Waals surface area (Å²) in [7, 11) is 0. The van der Waals surface area contributed by atoms with Crippen molar-refractivity contribution >= 4 is 24.0 Å². The molecule has 6 heteroatoms. The Hall–Kier alpha value is -0.390. The molecule has 1 aliphatic heterocycles. The van der Waals surface area contributed by atoms with E-state index in [9.17, 15) is 4.39 Å². The Morgan fingerprint density at radius 3 is 2.65 bits per heavy atom. The van der Waals surface area contributed by atoms with Crippen molar-refractivity contribution in [1.29, 1.82) is 0 Å². The van der Waals surface area contributed by atoms with Crippen LogP contribution in [0.5, 0.6) is 0 Å². The van der Waals surface area contributed by atoms with E-state index in [0.717, 1.165) is 44.6 Å². The predicted molar refractivity (Wildman–Crippen MR) is 82.2 cm³/mol. The average molecular weight is 323 g/mol. The molecular weight excluding hydrogens is 302 g/mol. The van der Waals surface area contributed by atoms with Gasteiger partial charge in [-0.05, 0) is 30.5 Å². The average Bonchev–Trinajstić information content (AvgIpc) is 2.44. The van der Waals surface area contributed by atoms with Gasteiger partial charge in [-0.3, -0.25) is 4.90 Å². The molecule has 0 radical (unpaired) electrons. The van der Waals surface area contributed by atoms with E-state index in [1.54, 1.807) is 12.1 Å². The van der Waals surface area contributed by atoms with Gasteiger partial charge < -0.3 is 10.4 Å². The Morgan fingerprint density at radius 1 is 1.35 bits per heavy atom. The van der Waals surface area contributed by atoms with E-state index >= 15 is 0 Å². The fraction of sp³-hybridized carbons (Fsp3) is 0.571. The Kier molecular flexibility index (Phi) is 7.77. The molecule has 1 saturated heterocycles. The molecule has 0 amide bonds. The first-order valence-corrected chi connectivity index (χ1v) is 7.10. The molecule has 0 saturated carbocycles. The van der Waals surface area contributed by atoms with Crippen LogP contribution in [-0.4, -0.2) is 42.8 Å². The first kappa shape index (κ1) is 17.7. The monoisotopic (exact) mass is 322 g/mol. The minimum atomic E-state index is -0.383. The molecule has 1 aromatic carbocycles. The van der Waals surface area contributed by atoms with Crippen LogP contribution in [0.3, 0.4) is 0 Å². The van der Waals surface area contributed by atoms with Crippen molar-refractivity contribution in [2.24, 2.45) is 0 Å². The van der Waals surface area contributed by atoms with Gasteiger partial charge >= 0.3 is 0 Å². The highest BCUT2D eigenvalue weighted by atomic mass is 35.5. The quantitative estimate of drug-likeness (QED) is 0.874. The Labute approximate surface area is 130 Å². The fourth-order valence-electron chi connectivity index (χ4n) is 2.56. The van der Waals surface area contributed by atoms with Crippen LogP contribution in [0.4, 0.5) is 4.39 Å². The van der Waals surface area contributed by atoms with Crippen LogP contribution in [0.2, 0.25) is 5.02 Å². The van der Waals surface area contributed by atoms with Crippen molar-refractivity contribution in [3.05, 3.63) is 34.6 Å². The molecule has 20 heavy (non-hydrogen) atoms. The van der Waals surface area contributed by atoms with Gasteiger partial charge in [0.15, 0.2) is 0 Å². The maximum atomic E-state index is 13.3. The van der Waals surface area contributed by atoms with Crippen molar-refractivity contribution < 1.29 is 9.50 Å². The van der Waals surface area contributed by atoms with Gasteiger partial charge in [-0.1, -0.05) is 17.7 Å².